The third kappa shape index (κ3) is 8.41. The summed E-state index contributed by atoms with van der Waals surface area (Å²) in [5.74, 6) is 1.90. The van der Waals surface area contributed by atoms with Gasteiger partial charge in [-0.25, -0.2) is 0 Å². The molecule has 0 saturated carbocycles. The minimum Gasteiger partial charge on any atom is -0.469 e. The molecule has 2 aromatic rings. The van der Waals surface area contributed by atoms with Crippen LogP contribution in [0.25, 0.3) is 0 Å². The summed E-state index contributed by atoms with van der Waals surface area (Å²) in [5, 5.41) is 7.19. The number of hydrogen-bond acceptors (Lipinski definition) is 4. The second kappa shape index (κ2) is 13.9. The van der Waals surface area contributed by atoms with E-state index in [2.05, 4.69) is 45.9 Å². The van der Waals surface area contributed by atoms with E-state index in [1.165, 1.54) is 18.4 Å². The summed E-state index contributed by atoms with van der Waals surface area (Å²) >= 11 is 0. The minimum atomic E-state index is 0. The molecule has 1 unspecified atom stereocenters. The van der Waals surface area contributed by atoms with Crippen LogP contribution in [-0.4, -0.2) is 55.8 Å². The molecule has 1 aromatic heterocycles. The van der Waals surface area contributed by atoms with E-state index in [0.29, 0.717) is 6.04 Å². The average molecular weight is 553 g/mol. The summed E-state index contributed by atoms with van der Waals surface area (Å²) in [5.41, 5.74) is 1.39. The van der Waals surface area contributed by atoms with Crippen LogP contribution in [0.1, 0.15) is 43.4 Å². The number of hydrogen-bond donors (Lipinski definition) is 2. The lowest BCUT2D eigenvalue weighted by Gasteiger charge is -2.33. The molecule has 0 amide bonds. The molecule has 2 N–H and O–H groups in total. The van der Waals surface area contributed by atoms with E-state index < -0.39 is 0 Å². The van der Waals surface area contributed by atoms with Crippen molar-refractivity contribution in [3.05, 3.63) is 60.1 Å². The van der Waals surface area contributed by atoms with Crippen LogP contribution in [0, 0.1) is 0 Å². The summed E-state index contributed by atoms with van der Waals surface area (Å²) in [6.07, 6.45) is 8.63. The highest BCUT2D eigenvalue weighted by Gasteiger charge is 2.20. The molecule has 6 nitrogen and oxygen atoms in total. The Morgan fingerprint density at radius 3 is 2.59 bits per heavy atom. The lowest BCUT2D eigenvalue weighted by Crippen LogP contribution is -2.49. The van der Waals surface area contributed by atoms with Gasteiger partial charge in [0, 0.05) is 45.2 Å². The first-order valence-electron chi connectivity index (χ1n) is 11.8. The lowest BCUT2D eigenvalue weighted by molar-refractivity contribution is 0.0224. The second-order valence-electron chi connectivity index (χ2n) is 8.61. The fourth-order valence-electron chi connectivity index (χ4n) is 4.33. The van der Waals surface area contributed by atoms with Crippen molar-refractivity contribution in [3.8, 4) is 0 Å². The zero-order chi connectivity index (χ0) is 21.1. The first-order chi connectivity index (χ1) is 15.3. The molecular weight excluding hydrogens is 515 g/mol. The van der Waals surface area contributed by atoms with Crippen molar-refractivity contribution in [2.75, 3.05) is 32.8 Å². The van der Waals surface area contributed by atoms with Gasteiger partial charge >= 0.3 is 0 Å². The van der Waals surface area contributed by atoms with Crippen molar-refractivity contribution in [1.82, 2.24) is 15.5 Å². The normalized spacial score (nSPS) is 20.5. The fraction of sp³-hybridized carbons (Fsp3) is 0.560. The summed E-state index contributed by atoms with van der Waals surface area (Å²) in [6.45, 7) is 5.65. The van der Waals surface area contributed by atoms with E-state index in [1.807, 2.05) is 12.1 Å². The van der Waals surface area contributed by atoms with Crippen molar-refractivity contribution in [2.24, 2.45) is 4.99 Å². The maximum Gasteiger partial charge on any atom is 0.191 e. The monoisotopic (exact) mass is 552 g/mol. The molecule has 1 aromatic carbocycles. The predicted octanol–water partition coefficient (Wildman–Crippen LogP) is 4.21. The average Bonchev–Trinajstić information content (AvgIpc) is 3.34. The number of benzene rings is 1. The summed E-state index contributed by atoms with van der Waals surface area (Å²) in [7, 11) is 0. The summed E-state index contributed by atoms with van der Waals surface area (Å²) < 4.78 is 11.3. The summed E-state index contributed by atoms with van der Waals surface area (Å²) in [4.78, 5) is 7.42. The van der Waals surface area contributed by atoms with Crippen molar-refractivity contribution in [3.63, 3.8) is 0 Å². The number of rotatable bonds is 8. The Labute approximate surface area is 209 Å². The molecule has 2 saturated heterocycles. The zero-order valence-electron chi connectivity index (χ0n) is 18.9. The van der Waals surface area contributed by atoms with Crippen LogP contribution in [-0.2, 0) is 17.7 Å². The highest BCUT2D eigenvalue weighted by Crippen LogP contribution is 2.15. The van der Waals surface area contributed by atoms with Gasteiger partial charge in [-0.1, -0.05) is 30.3 Å². The Hall–Kier alpha value is -1.58. The fourth-order valence-corrected chi connectivity index (χ4v) is 4.33. The molecule has 0 bridgehead atoms. The van der Waals surface area contributed by atoms with Crippen LogP contribution in [0.15, 0.2) is 58.1 Å². The molecule has 2 aliphatic heterocycles. The highest BCUT2D eigenvalue weighted by molar-refractivity contribution is 14.0. The molecule has 32 heavy (non-hydrogen) atoms. The van der Waals surface area contributed by atoms with E-state index >= 15 is 0 Å². The molecule has 2 fully saturated rings. The lowest BCUT2D eigenvalue weighted by atomic mass is 10.0. The number of piperidine rings is 1. The zero-order valence-corrected chi connectivity index (χ0v) is 21.2. The molecule has 0 radical (unpaired) electrons. The van der Waals surface area contributed by atoms with Crippen molar-refractivity contribution in [2.45, 2.75) is 57.2 Å². The van der Waals surface area contributed by atoms with Crippen LogP contribution >= 0.6 is 24.0 Å². The molecule has 7 heteroatoms. The van der Waals surface area contributed by atoms with Gasteiger partial charge in [-0.2, -0.15) is 0 Å². The predicted molar refractivity (Wildman–Crippen MR) is 140 cm³/mol. The molecular formula is C25H37IN4O2. The Balaban J connectivity index is 0.00000289. The smallest absolute Gasteiger partial charge is 0.191 e. The van der Waals surface area contributed by atoms with Crippen LogP contribution < -0.4 is 10.6 Å². The van der Waals surface area contributed by atoms with Gasteiger partial charge in [0.25, 0.3) is 0 Å². The first kappa shape index (κ1) is 25.1. The third-order valence-electron chi connectivity index (χ3n) is 6.15. The Morgan fingerprint density at radius 2 is 1.88 bits per heavy atom. The van der Waals surface area contributed by atoms with Gasteiger partial charge in [-0.05, 0) is 49.8 Å². The quantitative estimate of drug-likeness (QED) is 0.292. The molecule has 1 atom stereocenters. The van der Waals surface area contributed by atoms with E-state index in [9.17, 15) is 0 Å². The van der Waals surface area contributed by atoms with E-state index in [0.717, 1.165) is 76.7 Å². The van der Waals surface area contributed by atoms with Gasteiger partial charge in [0.2, 0.25) is 0 Å². The van der Waals surface area contributed by atoms with Gasteiger partial charge in [0.1, 0.15) is 5.76 Å². The number of nitrogens with zero attached hydrogens (tertiary/aromatic N) is 2. The first-order valence-corrected chi connectivity index (χ1v) is 11.8. The molecule has 4 rings (SSSR count). The minimum absolute atomic E-state index is 0. The van der Waals surface area contributed by atoms with Crippen LogP contribution in [0.3, 0.4) is 0 Å². The van der Waals surface area contributed by atoms with Crippen LogP contribution in [0.4, 0.5) is 0 Å². The largest absolute Gasteiger partial charge is 0.469 e. The Morgan fingerprint density at radius 1 is 1.03 bits per heavy atom. The van der Waals surface area contributed by atoms with Crippen LogP contribution in [0.5, 0.6) is 0 Å². The highest BCUT2D eigenvalue weighted by atomic mass is 127. The van der Waals surface area contributed by atoms with Gasteiger partial charge in [0.05, 0.1) is 18.9 Å². The van der Waals surface area contributed by atoms with Crippen molar-refractivity contribution in [1.29, 1.82) is 0 Å². The van der Waals surface area contributed by atoms with E-state index in [1.54, 1.807) is 6.26 Å². The molecule has 0 spiro atoms. The topological polar surface area (TPSA) is 62.0 Å². The maximum atomic E-state index is 5.87. The Bertz CT molecular complexity index is 771. The number of halogens is 1. The molecule has 176 valence electrons. The number of ether oxygens (including phenoxy) is 1. The number of furan rings is 1. The number of nitrogens with one attached hydrogen (secondary N) is 2. The summed E-state index contributed by atoms with van der Waals surface area (Å²) in [6, 6.07) is 15.2. The van der Waals surface area contributed by atoms with E-state index in [-0.39, 0.29) is 30.1 Å². The van der Waals surface area contributed by atoms with E-state index in [4.69, 9.17) is 14.1 Å². The number of likely N-dealkylation sites (tertiary alicyclic amines) is 1. The Kier molecular flexibility index (Phi) is 10.8. The second-order valence-corrected chi connectivity index (χ2v) is 8.61. The van der Waals surface area contributed by atoms with Gasteiger partial charge < -0.3 is 19.8 Å². The maximum absolute atomic E-state index is 5.87. The van der Waals surface area contributed by atoms with Crippen LogP contribution in [0.2, 0.25) is 0 Å². The van der Waals surface area contributed by atoms with Gasteiger partial charge in [0.15, 0.2) is 5.96 Å². The number of guanidine groups is 1. The van der Waals surface area contributed by atoms with Crippen molar-refractivity contribution >= 4 is 29.9 Å². The van der Waals surface area contributed by atoms with Gasteiger partial charge in [-0.3, -0.25) is 9.89 Å². The van der Waals surface area contributed by atoms with Crippen molar-refractivity contribution < 1.29 is 9.15 Å². The van der Waals surface area contributed by atoms with Gasteiger partial charge in [-0.15, -0.1) is 24.0 Å². The molecule has 3 heterocycles. The molecule has 0 aliphatic carbocycles. The third-order valence-corrected chi connectivity index (χ3v) is 6.15. The standard InChI is InChI=1S/C25H36N4O2.HI/c1-2-7-21(8-3-1)20-29-15-12-22(13-16-29)28-25(26-14-11-23-10-6-18-30-23)27-19-24-9-4-5-17-31-24;/h1-3,6-8,10,18,22,24H,4-5,9,11-17,19-20H2,(H2,26,27,28);1H. The molecule has 2 aliphatic rings. The number of aliphatic imine (C=N–C) groups is 1. The SMILES string of the molecule is I.c1ccc(CN2CCC(NC(=NCC3CCCCO3)NCCc3ccco3)CC2)cc1.